The summed E-state index contributed by atoms with van der Waals surface area (Å²) >= 11 is 0. The van der Waals surface area contributed by atoms with E-state index in [1.165, 1.54) is 17.3 Å². The predicted molar refractivity (Wildman–Crippen MR) is 116 cm³/mol. The van der Waals surface area contributed by atoms with Gasteiger partial charge < -0.3 is 9.64 Å². The molecule has 29 heavy (non-hydrogen) atoms. The number of allylic oxidation sites excluding steroid dienone is 1. The summed E-state index contributed by atoms with van der Waals surface area (Å²) in [4.78, 5) is 2.47. The minimum absolute atomic E-state index is 0.177. The van der Waals surface area contributed by atoms with Crippen LogP contribution in [0.25, 0.3) is 11.3 Å². The number of benzene rings is 1. The highest BCUT2D eigenvalue weighted by atomic mass is 19.1. The van der Waals surface area contributed by atoms with Crippen LogP contribution in [0, 0.1) is 12.7 Å². The van der Waals surface area contributed by atoms with Crippen LogP contribution >= 0.6 is 0 Å². The molecule has 5 heteroatoms. The van der Waals surface area contributed by atoms with E-state index in [1.807, 2.05) is 13.0 Å². The quantitative estimate of drug-likeness (QED) is 0.580. The number of aromatic nitrogens is 2. The average molecular weight is 398 g/mol. The summed E-state index contributed by atoms with van der Waals surface area (Å²) in [5, 5.41) is 4.82. The van der Waals surface area contributed by atoms with Gasteiger partial charge in [0.1, 0.15) is 11.6 Å². The predicted octanol–water partition coefficient (Wildman–Crippen LogP) is 5.48. The van der Waals surface area contributed by atoms with Crippen LogP contribution in [0.2, 0.25) is 0 Å². The molecular weight excluding hydrogens is 365 g/mol. The number of aryl methyl sites for hydroxylation is 2. The third kappa shape index (κ3) is 5.36. The van der Waals surface area contributed by atoms with Crippen molar-refractivity contribution in [3.63, 3.8) is 0 Å². The molecule has 0 bridgehead atoms. The maximum atomic E-state index is 13.6. The van der Waals surface area contributed by atoms with Gasteiger partial charge in [0.15, 0.2) is 0 Å². The Labute approximate surface area is 173 Å². The van der Waals surface area contributed by atoms with Crippen molar-refractivity contribution in [3.05, 3.63) is 65.0 Å². The first-order chi connectivity index (χ1) is 13.9. The fourth-order valence-corrected chi connectivity index (χ4v) is 3.74. The van der Waals surface area contributed by atoms with Crippen molar-refractivity contribution >= 4 is 0 Å². The lowest BCUT2D eigenvalue weighted by Gasteiger charge is -2.20. The zero-order chi connectivity index (χ0) is 21.0. The molecule has 0 saturated carbocycles. The van der Waals surface area contributed by atoms with E-state index in [2.05, 4.69) is 36.1 Å². The topological polar surface area (TPSA) is 30.3 Å². The Morgan fingerprint density at radius 3 is 2.62 bits per heavy atom. The average Bonchev–Trinajstić information content (AvgIpc) is 3.03. The van der Waals surface area contributed by atoms with Gasteiger partial charge in [0, 0.05) is 37.3 Å². The molecule has 2 aromatic rings. The van der Waals surface area contributed by atoms with Crippen molar-refractivity contribution in [2.24, 2.45) is 0 Å². The van der Waals surface area contributed by atoms with Crippen LogP contribution in [0.15, 0.2) is 47.9 Å². The molecule has 0 N–H and O–H groups in total. The molecule has 4 nitrogen and oxygen atoms in total. The van der Waals surface area contributed by atoms with Crippen LogP contribution < -0.4 is 0 Å². The van der Waals surface area contributed by atoms with Crippen molar-refractivity contribution < 1.29 is 9.13 Å². The summed E-state index contributed by atoms with van der Waals surface area (Å²) in [6, 6.07) is 7.32. The fourth-order valence-electron chi connectivity index (χ4n) is 3.74. The molecule has 0 aliphatic carbocycles. The number of hydrogen-bond donors (Lipinski definition) is 0. The third-order valence-corrected chi connectivity index (χ3v) is 5.54. The van der Waals surface area contributed by atoms with E-state index in [4.69, 9.17) is 9.84 Å². The Hall–Kier alpha value is -2.40. The minimum atomic E-state index is -0.177. The molecule has 0 spiro atoms. The Bertz CT molecular complexity index is 913. The van der Waals surface area contributed by atoms with Crippen LogP contribution in [0.1, 0.15) is 44.9 Å². The molecule has 0 saturated heterocycles. The molecule has 0 radical (unpaired) electrons. The van der Waals surface area contributed by atoms with E-state index in [0.717, 1.165) is 68.2 Å². The number of rotatable bonds is 7. The minimum Gasteiger partial charge on any atom is -0.467 e. The second-order valence-electron chi connectivity index (χ2n) is 7.91. The first kappa shape index (κ1) is 21.3. The lowest BCUT2D eigenvalue weighted by Crippen LogP contribution is -2.29. The Morgan fingerprint density at radius 1 is 1.17 bits per heavy atom. The zero-order valence-corrected chi connectivity index (χ0v) is 18.1. The van der Waals surface area contributed by atoms with Crippen LogP contribution in [0.5, 0.6) is 0 Å². The largest absolute Gasteiger partial charge is 0.467 e. The first-order valence-electron chi connectivity index (χ1n) is 10.4. The second kappa shape index (κ2) is 9.40. The second-order valence-corrected chi connectivity index (χ2v) is 7.91. The number of hydrogen-bond acceptors (Lipinski definition) is 3. The summed E-state index contributed by atoms with van der Waals surface area (Å²) in [6.45, 7) is 15.7. The maximum Gasteiger partial charge on any atom is 0.126 e. The van der Waals surface area contributed by atoms with Crippen LogP contribution in [0.4, 0.5) is 4.39 Å². The fraction of sp³-hybridized carbons (Fsp3) is 0.458. The highest BCUT2D eigenvalue weighted by molar-refractivity contribution is 5.60. The van der Waals surface area contributed by atoms with Crippen molar-refractivity contribution in [1.82, 2.24) is 14.7 Å². The molecule has 1 aliphatic heterocycles. The van der Waals surface area contributed by atoms with E-state index in [0.29, 0.717) is 5.56 Å². The molecule has 1 aromatic carbocycles. The number of nitrogens with zero attached hydrogens (tertiary/aromatic N) is 3. The smallest absolute Gasteiger partial charge is 0.126 e. The molecule has 0 unspecified atom stereocenters. The highest BCUT2D eigenvalue weighted by Crippen LogP contribution is 2.23. The van der Waals surface area contributed by atoms with Crippen molar-refractivity contribution in [1.29, 1.82) is 0 Å². The van der Waals surface area contributed by atoms with E-state index in [9.17, 15) is 4.39 Å². The van der Waals surface area contributed by atoms with Crippen molar-refractivity contribution in [3.8, 4) is 11.3 Å². The van der Waals surface area contributed by atoms with Gasteiger partial charge in [0.25, 0.3) is 0 Å². The summed E-state index contributed by atoms with van der Waals surface area (Å²) in [7, 11) is 0. The maximum absolute atomic E-state index is 13.6. The van der Waals surface area contributed by atoms with Gasteiger partial charge >= 0.3 is 0 Å². The lowest BCUT2D eigenvalue weighted by atomic mass is 10.1. The van der Waals surface area contributed by atoms with Gasteiger partial charge in [0.05, 0.1) is 18.0 Å². The van der Waals surface area contributed by atoms with E-state index in [1.54, 1.807) is 13.0 Å². The summed E-state index contributed by atoms with van der Waals surface area (Å²) in [5.41, 5.74) is 5.05. The molecule has 0 atom stereocenters. The van der Waals surface area contributed by atoms with Gasteiger partial charge in [-0.05, 0) is 69.0 Å². The number of ether oxygens (including phenoxy) is 1. The van der Waals surface area contributed by atoms with Gasteiger partial charge in [-0.15, -0.1) is 0 Å². The molecule has 3 rings (SSSR count). The van der Waals surface area contributed by atoms with Crippen molar-refractivity contribution in [2.75, 3.05) is 19.6 Å². The van der Waals surface area contributed by atoms with E-state index in [-0.39, 0.29) is 5.82 Å². The molecule has 156 valence electrons. The molecule has 1 aromatic heterocycles. The number of halogens is 1. The SMILES string of the molecule is C=C(C)OC1=C(C)CCN(CCn2nc(-c3ccc(F)c(C)c3)cc2CC)CC1. The third-order valence-electron chi connectivity index (χ3n) is 5.54. The normalized spacial score (nSPS) is 15.5. The van der Waals surface area contributed by atoms with E-state index >= 15 is 0 Å². The molecule has 0 fully saturated rings. The van der Waals surface area contributed by atoms with Crippen molar-refractivity contribution in [2.45, 2.75) is 53.5 Å². The Balaban J connectivity index is 1.66. The Morgan fingerprint density at radius 2 is 1.93 bits per heavy atom. The molecule has 1 aliphatic rings. The van der Waals surface area contributed by atoms with E-state index < -0.39 is 0 Å². The summed E-state index contributed by atoms with van der Waals surface area (Å²) < 4.78 is 21.5. The molecular formula is C24H32FN3O. The van der Waals surface area contributed by atoms with Crippen LogP contribution in [0.3, 0.4) is 0 Å². The monoisotopic (exact) mass is 397 g/mol. The van der Waals surface area contributed by atoms with Gasteiger partial charge in [-0.25, -0.2) is 4.39 Å². The first-order valence-corrected chi connectivity index (χ1v) is 10.4. The van der Waals surface area contributed by atoms with Crippen LogP contribution in [-0.2, 0) is 17.7 Å². The summed E-state index contributed by atoms with van der Waals surface area (Å²) in [6.07, 6.45) is 2.85. The zero-order valence-electron chi connectivity index (χ0n) is 18.1. The highest BCUT2D eigenvalue weighted by Gasteiger charge is 2.16. The van der Waals surface area contributed by atoms with Crippen LogP contribution in [-0.4, -0.2) is 34.3 Å². The molecule has 0 amide bonds. The van der Waals surface area contributed by atoms with Gasteiger partial charge in [-0.2, -0.15) is 5.10 Å². The lowest BCUT2D eigenvalue weighted by molar-refractivity contribution is 0.246. The van der Waals surface area contributed by atoms with Gasteiger partial charge in [0.2, 0.25) is 0 Å². The Kier molecular flexibility index (Phi) is 6.91. The summed E-state index contributed by atoms with van der Waals surface area (Å²) in [5.74, 6) is 1.65. The van der Waals surface area contributed by atoms with Gasteiger partial charge in [-0.1, -0.05) is 13.5 Å². The standard InChI is InChI=1S/C24H32FN3O/c1-6-21-16-23(20-7-8-22(25)19(5)15-20)26-28(21)14-13-27-11-9-18(4)24(10-12-27)29-17(2)3/h7-8,15-16H,2,6,9-14H2,1,3-5H3. The van der Waals surface area contributed by atoms with Gasteiger partial charge in [-0.3, -0.25) is 4.68 Å². The molecule has 2 heterocycles.